The lowest BCUT2D eigenvalue weighted by Crippen LogP contribution is -2.35. The highest BCUT2D eigenvalue weighted by molar-refractivity contribution is 8.00. The molecule has 1 aliphatic heterocycles. The summed E-state index contributed by atoms with van der Waals surface area (Å²) in [5.41, 5.74) is 0.333. The van der Waals surface area contributed by atoms with Crippen molar-refractivity contribution in [2.24, 2.45) is 0 Å². The van der Waals surface area contributed by atoms with E-state index in [-0.39, 0.29) is 27.4 Å². The Hall–Kier alpha value is -1.61. The largest absolute Gasteiger partial charge is 0.325 e. The first kappa shape index (κ1) is 21.1. The number of halogens is 2. The SMILES string of the molecule is O=C(CSc1ccccc1F)Nc1ccc(Cl)c(S(=O)(=O)N2CCCCC2)c1. The molecular formula is C19H20ClFN2O3S2. The van der Waals surface area contributed by atoms with Gasteiger partial charge >= 0.3 is 0 Å². The number of nitrogens with zero attached hydrogens (tertiary/aromatic N) is 1. The van der Waals surface area contributed by atoms with E-state index in [1.54, 1.807) is 24.3 Å². The van der Waals surface area contributed by atoms with Crippen molar-refractivity contribution in [2.45, 2.75) is 29.1 Å². The monoisotopic (exact) mass is 442 g/mol. The number of hydrogen-bond acceptors (Lipinski definition) is 4. The summed E-state index contributed by atoms with van der Waals surface area (Å²) in [4.78, 5) is 12.6. The number of sulfonamides is 1. The van der Waals surface area contributed by atoms with E-state index in [2.05, 4.69) is 5.32 Å². The van der Waals surface area contributed by atoms with Crippen molar-refractivity contribution in [2.75, 3.05) is 24.2 Å². The van der Waals surface area contributed by atoms with Crippen LogP contribution in [0.4, 0.5) is 10.1 Å². The number of piperidine rings is 1. The van der Waals surface area contributed by atoms with Gasteiger partial charge in [0.05, 0.1) is 10.8 Å². The Labute approximate surface area is 173 Å². The van der Waals surface area contributed by atoms with Crippen LogP contribution in [0.5, 0.6) is 0 Å². The summed E-state index contributed by atoms with van der Waals surface area (Å²) in [6.45, 7) is 0.934. The highest BCUT2D eigenvalue weighted by Crippen LogP contribution is 2.29. The van der Waals surface area contributed by atoms with Gasteiger partial charge in [-0.25, -0.2) is 12.8 Å². The van der Waals surface area contributed by atoms with E-state index in [0.29, 0.717) is 23.7 Å². The summed E-state index contributed by atoms with van der Waals surface area (Å²) in [5.74, 6) is -0.754. The number of carbonyl (C=O) groups is 1. The van der Waals surface area contributed by atoms with Crippen LogP contribution < -0.4 is 5.32 Å². The second-order valence-corrected chi connectivity index (χ2v) is 9.71. The lowest BCUT2D eigenvalue weighted by atomic mass is 10.2. The summed E-state index contributed by atoms with van der Waals surface area (Å²) in [5, 5.41) is 2.77. The molecule has 0 radical (unpaired) electrons. The maximum Gasteiger partial charge on any atom is 0.244 e. The zero-order chi connectivity index (χ0) is 20.1. The summed E-state index contributed by atoms with van der Waals surface area (Å²) >= 11 is 7.20. The molecule has 9 heteroatoms. The second kappa shape index (κ2) is 9.26. The van der Waals surface area contributed by atoms with Crippen LogP contribution in [0, 0.1) is 5.82 Å². The van der Waals surface area contributed by atoms with Gasteiger partial charge in [-0.3, -0.25) is 4.79 Å². The van der Waals surface area contributed by atoms with Crippen molar-refractivity contribution in [1.82, 2.24) is 4.31 Å². The quantitative estimate of drug-likeness (QED) is 0.674. The van der Waals surface area contributed by atoms with E-state index >= 15 is 0 Å². The Balaban J connectivity index is 1.70. The van der Waals surface area contributed by atoms with Crippen LogP contribution in [0.1, 0.15) is 19.3 Å². The third-order valence-electron chi connectivity index (χ3n) is 4.34. The lowest BCUT2D eigenvalue weighted by Gasteiger charge is -2.26. The van der Waals surface area contributed by atoms with Gasteiger partial charge in [0.2, 0.25) is 15.9 Å². The molecule has 0 spiro atoms. The van der Waals surface area contributed by atoms with Crippen LogP contribution in [0.3, 0.4) is 0 Å². The van der Waals surface area contributed by atoms with Crippen LogP contribution in [-0.2, 0) is 14.8 Å². The van der Waals surface area contributed by atoms with Crippen LogP contribution in [0.2, 0.25) is 5.02 Å². The number of benzene rings is 2. The fourth-order valence-electron chi connectivity index (χ4n) is 2.93. The van der Waals surface area contributed by atoms with E-state index in [1.807, 2.05) is 0 Å². The first-order valence-corrected chi connectivity index (χ1v) is 11.6. The van der Waals surface area contributed by atoms with Gasteiger partial charge in [-0.1, -0.05) is 30.2 Å². The van der Waals surface area contributed by atoms with Crippen LogP contribution in [0.15, 0.2) is 52.3 Å². The zero-order valence-corrected chi connectivity index (χ0v) is 17.4. The van der Waals surface area contributed by atoms with Crippen molar-refractivity contribution < 1.29 is 17.6 Å². The molecule has 0 aromatic heterocycles. The van der Waals surface area contributed by atoms with Gasteiger partial charge in [0.1, 0.15) is 10.7 Å². The average molecular weight is 443 g/mol. The molecule has 1 heterocycles. The zero-order valence-electron chi connectivity index (χ0n) is 15.0. The molecule has 5 nitrogen and oxygen atoms in total. The maximum absolute atomic E-state index is 13.6. The smallest absolute Gasteiger partial charge is 0.244 e. The summed E-state index contributed by atoms with van der Waals surface area (Å²) in [6.07, 6.45) is 2.65. The molecule has 28 heavy (non-hydrogen) atoms. The van der Waals surface area contributed by atoms with Crippen molar-refractivity contribution in [1.29, 1.82) is 0 Å². The van der Waals surface area contributed by atoms with Gasteiger partial charge in [-0.15, -0.1) is 11.8 Å². The lowest BCUT2D eigenvalue weighted by molar-refractivity contribution is -0.113. The number of rotatable bonds is 6. The predicted molar refractivity (Wildman–Crippen MR) is 110 cm³/mol. The number of thioether (sulfide) groups is 1. The fraction of sp³-hybridized carbons (Fsp3) is 0.316. The molecule has 1 N–H and O–H groups in total. The van der Waals surface area contributed by atoms with E-state index in [1.165, 1.54) is 22.5 Å². The molecule has 3 rings (SSSR count). The molecule has 0 atom stereocenters. The van der Waals surface area contributed by atoms with Gasteiger partial charge in [-0.2, -0.15) is 4.31 Å². The van der Waals surface area contributed by atoms with Gasteiger partial charge < -0.3 is 5.32 Å². The summed E-state index contributed by atoms with van der Waals surface area (Å²) in [7, 11) is -3.72. The summed E-state index contributed by atoms with van der Waals surface area (Å²) < 4.78 is 40.8. The van der Waals surface area contributed by atoms with Crippen molar-refractivity contribution >= 4 is 45.0 Å². The average Bonchev–Trinajstić information content (AvgIpc) is 2.69. The summed E-state index contributed by atoms with van der Waals surface area (Å²) in [6, 6.07) is 10.6. The number of hydrogen-bond donors (Lipinski definition) is 1. The maximum atomic E-state index is 13.6. The standard InChI is InChI=1S/C19H20ClFN2O3S2/c20-15-9-8-14(12-18(15)28(25,26)23-10-4-1-5-11-23)22-19(24)13-27-17-7-3-2-6-16(17)21/h2-3,6-9,12H,1,4-5,10-11,13H2,(H,22,24). The third kappa shape index (κ3) is 5.05. The molecule has 2 aromatic carbocycles. The van der Waals surface area contributed by atoms with E-state index in [0.717, 1.165) is 31.0 Å². The predicted octanol–water partition coefficient (Wildman–Crippen LogP) is 4.38. The molecule has 1 amide bonds. The minimum Gasteiger partial charge on any atom is -0.325 e. The molecule has 0 saturated carbocycles. The molecule has 0 unspecified atom stereocenters. The minimum atomic E-state index is -3.72. The number of nitrogens with one attached hydrogen (secondary N) is 1. The molecule has 150 valence electrons. The molecular weight excluding hydrogens is 423 g/mol. The Morgan fingerprint density at radius 2 is 1.86 bits per heavy atom. The van der Waals surface area contributed by atoms with Crippen molar-refractivity contribution in [3.05, 3.63) is 53.3 Å². The van der Waals surface area contributed by atoms with Gasteiger partial charge in [-0.05, 0) is 43.2 Å². The second-order valence-electron chi connectivity index (χ2n) is 6.38. The fourth-order valence-corrected chi connectivity index (χ4v) is 5.68. The Bertz CT molecular complexity index is 963. The topological polar surface area (TPSA) is 66.5 Å². The van der Waals surface area contributed by atoms with Crippen LogP contribution in [0.25, 0.3) is 0 Å². The first-order chi connectivity index (χ1) is 13.4. The molecule has 1 fully saturated rings. The van der Waals surface area contributed by atoms with E-state index in [4.69, 9.17) is 11.6 Å². The Morgan fingerprint density at radius 1 is 1.14 bits per heavy atom. The van der Waals surface area contributed by atoms with Crippen molar-refractivity contribution in [3.63, 3.8) is 0 Å². The van der Waals surface area contributed by atoms with Gasteiger partial charge in [0, 0.05) is 23.7 Å². The number of carbonyl (C=O) groups excluding carboxylic acids is 1. The molecule has 2 aromatic rings. The van der Waals surface area contributed by atoms with E-state index in [9.17, 15) is 17.6 Å². The normalized spacial score (nSPS) is 15.4. The van der Waals surface area contributed by atoms with Gasteiger partial charge in [0.15, 0.2) is 0 Å². The van der Waals surface area contributed by atoms with Crippen LogP contribution >= 0.6 is 23.4 Å². The molecule has 1 saturated heterocycles. The van der Waals surface area contributed by atoms with Crippen molar-refractivity contribution in [3.8, 4) is 0 Å². The minimum absolute atomic E-state index is 0.00221. The van der Waals surface area contributed by atoms with E-state index < -0.39 is 10.0 Å². The molecule has 1 aliphatic rings. The van der Waals surface area contributed by atoms with Crippen LogP contribution in [-0.4, -0.2) is 37.5 Å². The Morgan fingerprint density at radius 3 is 2.57 bits per heavy atom. The highest BCUT2D eigenvalue weighted by Gasteiger charge is 2.28. The molecule has 0 bridgehead atoms. The molecule has 0 aliphatic carbocycles. The van der Waals surface area contributed by atoms with Gasteiger partial charge in [0.25, 0.3) is 0 Å². The highest BCUT2D eigenvalue weighted by atomic mass is 35.5. The Kier molecular flexibility index (Phi) is 6.98. The number of amides is 1. The third-order valence-corrected chi connectivity index (χ3v) is 7.77. The first-order valence-electron chi connectivity index (χ1n) is 8.85. The number of anilines is 1.